The fourth-order valence-corrected chi connectivity index (χ4v) is 5.02. The first kappa shape index (κ1) is 23.9. The van der Waals surface area contributed by atoms with Gasteiger partial charge in [0, 0.05) is 52.4 Å². The molecule has 0 saturated carbocycles. The molecule has 0 aliphatic heterocycles. The molecule has 0 radical (unpaired) electrons. The van der Waals surface area contributed by atoms with Gasteiger partial charge >= 0.3 is 10.1 Å². The van der Waals surface area contributed by atoms with Crippen LogP contribution in [0.2, 0.25) is 10.0 Å². The predicted molar refractivity (Wildman–Crippen MR) is 122 cm³/mol. The van der Waals surface area contributed by atoms with E-state index in [9.17, 15) is 8.42 Å². The van der Waals surface area contributed by atoms with E-state index in [0.29, 0.717) is 11.5 Å². The van der Waals surface area contributed by atoms with Crippen molar-refractivity contribution in [1.82, 2.24) is 14.5 Å². The van der Waals surface area contributed by atoms with Crippen molar-refractivity contribution in [2.75, 3.05) is 6.54 Å². The molecule has 0 aliphatic carbocycles. The van der Waals surface area contributed by atoms with Crippen LogP contribution in [-0.2, 0) is 23.1 Å². The highest BCUT2D eigenvalue weighted by molar-refractivity contribution is 7.87. The third-order valence-corrected chi connectivity index (χ3v) is 6.16. The van der Waals surface area contributed by atoms with Crippen LogP contribution in [0.5, 0.6) is 5.75 Å². The molecule has 168 valence electrons. The number of halogens is 2. The molecule has 0 aliphatic rings. The van der Waals surface area contributed by atoms with Crippen LogP contribution >= 0.6 is 23.2 Å². The number of aromatic nitrogens is 3. The van der Waals surface area contributed by atoms with E-state index in [4.69, 9.17) is 32.9 Å². The van der Waals surface area contributed by atoms with Crippen LogP contribution in [0.1, 0.15) is 36.8 Å². The fraction of sp³-hybridized carbons (Fsp3) is 0.300. The molecule has 2 aromatic heterocycles. The van der Waals surface area contributed by atoms with Crippen LogP contribution in [0.25, 0.3) is 10.4 Å². The minimum Gasteiger partial charge on any atom is -0.378 e. The van der Waals surface area contributed by atoms with Crippen LogP contribution in [0.4, 0.5) is 0 Å². The van der Waals surface area contributed by atoms with Gasteiger partial charge in [-0.1, -0.05) is 48.2 Å². The lowest BCUT2D eigenvalue weighted by Gasteiger charge is -2.14. The molecule has 0 atom stereocenters. The first-order valence-electron chi connectivity index (χ1n) is 9.61. The van der Waals surface area contributed by atoms with E-state index in [-0.39, 0.29) is 46.2 Å². The van der Waals surface area contributed by atoms with Crippen molar-refractivity contribution in [3.8, 4) is 5.75 Å². The molecule has 3 rings (SSSR count). The van der Waals surface area contributed by atoms with Gasteiger partial charge in [-0.3, -0.25) is 4.98 Å². The maximum atomic E-state index is 13.4. The van der Waals surface area contributed by atoms with E-state index in [1.807, 2.05) is 19.9 Å². The second kappa shape index (κ2) is 10.2. The van der Waals surface area contributed by atoms with Gasteiger partial charge in [0.2, 0.25) is 0 Å². The number of azide groups is 1. The summed E-state index contributed by atoms with van der Waals surface area (Å²) in [4.78, 5) is 11.4. The summed E-state index contributed by atoms with van der Waals surface area (Å²) in [6.07, 6.45) is 3.52. The molecular weight excluding hydrogens is 475 g/mol. The fourth-order valence-electron chi connectivity index (χ4n) is 3.11. The highest BCUT2D eigenvalue weighted by Crippen LogP contribution is 2.31. The Morgan fingerprint density at radius 2 is 1.97 bits per heavy atom. The second-order valence-electron chi connectivity index (χ2n) is 7.17. The van der Waals surface area contributed by atoms with Crippen LogP contribution in [0, 0.1) is 0 Å². The van der Waals surface area contributed by atoms with E-state index in [1.165, 1.54) is 18.2 Å². The summed E-state index contributed by atoms with van der Waals surface area (Å²) in [6.45, 7) is 3.99. The van der Waals surface area contributed by atoms with Crippen molar-refractivity contribution in [3.05, 3.63) is 80.3 Å². The van der Waals surface area contributed by atoms with Crippen molar-refractivity contribution in [2.24, 2.45) is 5.11 Å². The van der Waals surface area contributed by atoms with Crippen molar-refractivity contribution in [1.29, 1.82) is 0 Å². The largest absolute Gasteiger partial charge is 0.378 e. The normalized spacial score (nSPS) is 11.4. The smallest absolute Gasteiger partial charge is 0.357 e. The molecule has 9 nitrogen and oxygen atoms in total. The van der Waals surface area contributed by atoms with E-state index in [1.54, 1.807) is 23.0 Å². The Kier molecular flexibility index (Phi) is 7.63. The number of pyridine rings is 1. The average molecular weight is 495 g/mol. The van der Waals surface area contributed by atoms with Crippen molar-refractivity contribution < 1.29 is 12.6 Å². The lowest BCUT2D eigenvalue weighted by molar-refractivity contribution is 0.471. The quantitative estimate of drug-likeness (QED) is 0.171. The molecule has 3 aromatic rings. The number of hydrogen-bond acceptors (Lipinski definition) is 6. The van der Waals surface area contributed by atoms with Gasteiger partial charge in [0.05, 0.1) is 12.2 Å². The van der Waals surface area contributed by atoms with Gasteiger partial charge in [0.15, 0.2) is 5.03 Å². The lowest BCUT2D eigenvalue weighted by atomic mass is 10.1. The minimum atomic E-state index is -4.32. The number of benzene rings is 1. The summed E-state index contributed by atoms with van der Waals surface area (Å²) in [5.41, 5.74) is 9.74. The summed E-state index contributed by atoms with van der Waals surface area (Å²) in [7, 11) is -4.32. The second-order valence-corrected chi connectivity index (χ2v) is 9.50. The predicted octanol–water partition coefficient (Wildman–Crippen LogP) is 5.38. The molecule has 0 saturated heterocycles. The highest BCUT2D eigenvalue weighted by atomic mass is 35.5. The molecule has 0 amide bonds. The number of nitrogens with zero attached hydrogens (tertiary/aromatic N) is 6. The number of rotatable bonds is 9. The Morgan fingerprint density at radius 3 is 2.56 bits per heavy atom. The summed E-state index contributed by atoms with van der Waals surface area (Å²) >= 11 is 12.0. The van der Waals surface area contributed by atoms with Crippen LogP contribution in [0.15, 0.2) is 52.9 Å². The molecule has 1 aromatic carbocycles. The molecule has 0 N–H and O–H groups in total. The van der Waals surface area contributed by atoms with Crippen molar-refractivity contribution >= 4 is 33.3 Å². The number of imidazole rings is 1. The van der Waals surface area contributed by atoms with E-state index in [0.717, 1.165) is 5.56 Å². The van der Waals surface area contributed by atoms with Crippen LogP contribution in [-0.4, -0.2) is 29.5 Å². The van der Waals surface area contributed by atoms with Gasteiger partial charge in [0.25, 0.3) is 0 Å². The molecular formula is C20H20Cl2N6O3S. The SMILES string of the molecule is CC(C)c1nc(CCN=[N+]=[N-])n(Cc2cccnc2)c1S(=O)(=O)Oc1cc(Cl)cc(Cl)c1. The molecule has 32 heavy (non-hydrogen) atoms. The third kappa shape index (κ3) is 5.72. The molecule has 12 heteroatoms. The molecule has 2 heterocycles. The zero-order chi connectivity index (χ0) is 23.3. The van der Waals surface area contributed by atoms with Gasteiger partial charge in [-0.05, 0) is 29.1 Å². The van der Waals surface area contributed by atoms with E-state index in [2.05, 4.69) is 20.0 Å². The topological polar surface area (TPSA) is 123 Å². The van der Waals surface area contributed by atoms with Gasteiger partial charge in [-0.15, -0.1) is 0 Å². The zero-order valence-corrected chi connectivity index (χ0v) is 19.6. The van der Waals surface area contributed by atoms with Crippen LogP contribution in [0.3, 0.4) is 0 Å². The maximum Gasteiger partial charge on any atom is 0.357 e. The Morgan fingerprint density at radius 1 is 1.25 bits per heavy atom. The van der Waals surface area contributed by atoms with E-state index >= 15 is 0 Å². The van der Waals surface area contributed by atoms with Crippen LogP contribution < -0.4 is 4.18 Å². The Labute approximate surface area is 195 Å². The standard InChI is InChI=1S/C20H20Cl2N6O3S/c1-13(2)19-20(32(29,30)31-17-9-15(21)8-16(22)10-17)28(12-14-4-3-6-24-11-14)18(26-19)5-7-25-27-23/h3-4,6,8-11,13H,5,7,12H2,1-2H3. The highest BCUT2D eigenvalue weighted by Gasteiger charge is 2.31. The van der Waals surface area contributed by atoms with Gasteiger partial charge in [0.1, 0.15) is 11.6 Å². The minimum absolute atomic E-state index is 0.0121. The third-order valence-electron chi connectivity index (χ3n) is 4.41. The summed E-state index contributed by atoms with van der Waals surface area (Å²) in [5.74, 6) is 0.220. The Balaban J connectivity index is 2.15. The molecule has 0 unspecified atom stereocenters. The van der Waals surface area contributed by atoms with Gasteiger partial charge < -0.3 is 8.75 Å². The molecule has 0 fully saturated rings. The Bertz CT molecular complexity index is 1240. The lowest BCUT2D eigenvalue weighted by Crippen LogP contribution is -2.19. The van der Waals surface area contributed by atoms with Crippen molar-refractivity contribution in [3.63, 3.8) is 0 Å². The maximum absolute atomic E-state index is 13.4. The average Bonchev–Trinajstić information content (AvgIpc) is 3.07. The number of hydrogen-bond donors (Lipinski definition) is 0. The monoisotopic (exact) mass is 494 g/mol. The first-order valence-corrected chi connectivity index (χ1v) is 11.8. The summed E-state index contributed by atoms with van der Waals surface area (Å²) < 4.78 is 33.8. The first-order chi connectivity index (χ1) is 15.2. The Hall–Kier alpha value is -2.78. The van der Waals surface area contributed by atoms with Gasteiger partial charge in [-0.25, -0.2) is 4.98 Å². The van der Waals surface area contributed by atoms with Gasteiger partial charge in [-0.2, -0.15) is 8.42 Å². The van der Waals surface area contributed by atoms with Crippen molar-refractivity contribution in [2.45, 2.75) is 37.8 Å². The zero-order valence-electron chi connectivity index (χ0n) is 17.3. The molecule has 0 bridgehead atoms. The molecule has 0 spiro atoms. The van der Waals surface area contributed by atoms with E-state index < -0.39 is 10.1 Å². The summed E-state index contributed by atoms with van der Waals surface area (Å²) in [5, 5.41) is 3.96. The summed E-state index contributed by atoms with van der Waals surface area (Å²) in [6, 6.07) is 7.79.